The molecule has 1 aliphatic rings. The van der Waals surface area contributed by atoms with Crippen molar-refractivity contribution in [1.82, 2.24) is 0 Å². The molecule has 5 N–H and O–H groups in total. The maximum atomic E-state index is 12.6. The number of benzene rings is 2. The van der Waals surface area contributed by atoms with E-state index < -0.39 is 55.7 Å². The number of carbonyl (C=O) groups excluding carboxylic acids is 1. The second-order valence-corrected chi connectivity index (χ2v) is 8.07. The maximum absolute atomic E-state index is 12.6. The van der Waals surface area contributed by atoms with Crippen molar-refractivity contribution < 1.29 is 53.7 Å². The van der Waals surface area contributed by atoms with Crippen LogP contribution in [0.2, 0.25) is 0 Å². The molecule has 0 radical (unpaired) electrons. The molecular formula is C24H22O12. The predicted molar refractivity (Wildman–Crippen MR) is 120 cm³/mol. The van der Waals surface area contributed by atoms with Gasteiger partial charge in [0.25, 0.3) is 0 Å². The van der Waals surface area contributed by atoms with Crippen molar-refractivity contribution in [2.24, 2.45) is 0 Å². The van der Waals surface area contributed by atoms with Crippen molar-refractivity contribution in [2.75, 3.05) is 6.61 Å². The van der Waals surface area contributed by atoms with E-state index in [1.54, 1.807) is 12.1 Å². The summed E-state index contributed by atoms with van der Waals surface area (Å²) in [4.78, 5) is 34.6. The van der Waals surface area contributed by atoms with Gasteiger partial charge in [-0.3, -0.25) is 14.4 Å². The Morgan fingerprint density at radius 2 is 1.67 bits per heavy atom. The zero-order valence-corrected chi connectivity index (χ0v) is 18.5. The summed E-state index contributed by atoms with van der Waals surface area (Å²) in [7, 11) is 0. The molecule has 1 saturated heterocycles. The first-order chi connectivity index (χ1) is 17.1. The highest BCUT2D eigenvalue weighted by atomic mass is 16.7. The molecule has 0 bridgehead atoms. The fourth-order valence-electron chi connectivity index (χ4n) is 3.61. The number of rotatable bonds is 7. The van der Waals surface area contributed by atoms with E-state index in [4.69, 9.17) is 23.7 Å². The minimum atomic E-state index is -1.73. The quantitative estimate of drug-likeness (QED) is 0.220. The Morgan fingerprint density at radius 3 is 2.36 bits per heavy atom. The number of phenolic OH excluding ortho intramolecular Hbond substituents is 1. The molecule has 0 spiro atoms. The van der Waals surface area contributed by atoms with Crippen molar-refractivity contribution in [1.29, 1.82) is 0 Å². The summed E-state index contributed by atoms with van der Waals surface area (Å²) < 4.78 is 21.7. The van der Waals surface area contributed by atoms with Crippen LogP contribution in [0.4, 0.5) is 0 Å². The second-order valence-electron chi connectivity index (χ2n) is 8.07. The van der Waals surface area contributed by atoms with Gasteiger partial charge in [0.2, 0.25) is 6.29 Å². The number of aliphatic hydroxyl groups is 3. The number of hydrogen-bond acceptors (Lipinski definition) is 11. The lowest BCUT2D eigenvalue weighted by molar-refractivity contribution is -0.278. The van der Waals surface area contributed by atoms with E-state index >= 15 is 0 Å². The van der Waals surface area contributed by atoms with E-state index in [0.717, 1.165) is 0 Å². The van der Waals surface area contributed by atoms with Gasteiger partial charge in [0.15, 0.2) is 5.43 Å². The fraction of sp³-hybridized carbons (Fsp3) is 0.292. The van der Waals surface area contributed by atoms with Gasteiger partial charge in [-0.1, -0.05) is 0 Å². The topological polar surface area (TPSA) is 193 Å². The highest BCUT2D eigenvalue weighted by Crippen LogP contribution is 2.29. The van der Waals surface area contributed by atoms with Gasteiger partial charge in [-0.05, 0) is 36.4 Å². The molecule has 0 amide bonds. The Balaban J connectivity index is 1.54. The van der Waals surface area contributed by atoms with Gasteiger partial charge < -0.3 is 44.2 Å². The Hall–Kier alpha value is -3.97. The Bertz CT molecular complexity index is 1310. The first-order valence-corrected chi connectivity index (χ1v) is 10.7. The summed E-state index contributed by atoms with van der Waals surface area (Å²) in [5.74, 6) is -2.11. The number of carbonyl (C=O) groups is 2. The van der Waals surface area contributed by atoms with Crippen molar-refractivity contribution in [3.05, 3.63) is 58.8 Å². The highest BCUT2D eigenvalue weighted by Gasteiger charge is 2.45. The van der Waals surface area contributed by atoms with Crippen molar-refractivity contribution in [2.45, 2.75) is 37.1 Å². The van der Waals surface area contributed by atoms with E-state index in [1.165, 1.54) is 36.4 Å². The minimum Gasteiger partial charge on any atom is -0.508 e. The third-order valence-electron chi connectivity index (χ3n) is 5.48. The van der Waals surface area contributed by atoms with Crippen molar-refractivity contribution >= 4 is 22.9 Å². The summed E-state index contributed by atoms with van der Waals surface area (Å²) in [5, 5.41) is 49.0. The number of aliphatic hydroxyl groups excluding tert-OH is 3. The molecule has 0 unspecified atom stereocenters. The lowest BCUT2D eigenvalue weighted by Crippen LogP contribution is -2.60. The summed E-state index contributed by atoms with van der Waals surface area (Å²) in [6.45, 7) is -0.598. The molecule has 190 valence electrons. The number of esters is 1. The number of fused-ring (bicyclic) bond motifs is 1. The molecule has 4 rings (SSSR count). The van der Waals surface area contributed by atoms with Gasteiger partial charge in [0.05, 0.1) is 5.39 Å². The third kappa shape index (κ3) is 5.47. The molecule has 3 aromatic rings. The van der Waals surface area contributed by atoms with Gasteiger partial charge in [-0.15, -0.1) is 0 Å². The smallest absolute Gasteiger partial charge is 0.317 e. The standard InChI is InChI=1S/C24H22O12/c25-12-3-1-11(2-4-12)16-8-15(26)14-6-5-13(7-17(14)35-16)34-24-23(32)22(31)21(30)18(36-24)10-33-20(29)9-19(27)28/h1-8,18,21-25,30-32H,9-10H2,(H,27,28)/t18-,21+,22-,23+,24+/m1/s1. The number of phenols is 1. The molecule has 36 heavy (non-hydrogen) atoms. The van der Waals surface area contributed by atoms with E-state index in [2.05, 4.69) is 0 Å². The van der Waals surface area contributed by atoms with Crippen LogP contribution < -0.4 is 10.2 Å². The fourth-order valence-corrected chi connectivity index (χ4v) is 3.61. The minimum absolute atomic E-state index is 0.0471. The van der Waals surface area contributed by atoms with Gasteiger partial charge in [-0.25, -0.2) is 0 Å². The number of aromatic hydroxyl groups is 1. The van der Waals surface area contributed by atoms with Crippen molar-refractivity contribution in [3.63, 3.8) is 0 Å². The largest absolute Gasteiger partial charge is 0.508 e. The molecule has 12 nitrogen and oxygen atoms in total. The Labute approximate surface area is 202 Å². The highest BCUT2D eigenvalue weighted by molar-refractivity contribution is 5.90. The number of ether oxygens (including phenoxy) is 3. The van der Waals surface area contributed by atoms with Gasteiger partial charge in [0.1, 0.15) is 60.3 Å². The summed E-state index contributed by atoms with van der Waals surface area (Å²) >= 11 is 0. The summed E-state index contributed by atoms with van der Waals surface area (Å²) in [6.07, 6.45) is -8.83. The average Bonchev–Trinajstić information content (AvgIpc) is 2.83. The predicted octanol–water partition coefficient (Wildman–Crippen LogP) is 0.370. The second kappa shape index (κ2) is 10.3. The zero-order valence-electron chi connectivity index (χ0n) is 18.5. The van der Waals surface area contributed by atoms with Gasteiger partial charge in [0, 0.05) is 17.7 Å². The Kier molecular flexibility index (Phi) is 7.22. The number of hydrogen-bond donors (Lipinski definition) is 5. The van der Waals surface area contributed by atoms with E-state index in [1.807, 2.05) is 0 Å². The number of carboxylic acids is 1. The molecule has 5 atom stereocenters. The lowest BCUT2D eigenvalue weighted by atomic mass is 9.99. The van der Waals surface area contributed by atoms with E-state index in [-0.39, 0.29) is 33.7 Å². The SMILES string of the molecule is O=C(O)CC(=O)OC[C@H]1O[C@H](Oc2ccc3c(=O)cc(-c4ccc(O)cc4)oc3c2)[C@@H](O)[C@H](O)[C@H]1O. The van der Waals surface area contributed by atoms with Crippen LogP contribution in [-0.2, 0) is 19.1 Å². The Morgan fingerprint density at radius 1 is 0.944 bits per heavy atom. The average molecular weight is 502 g/mol. The molecule has 1 fully saturated rings. The molecule has 0 saturated carbocycles. The maximum Gasteiger partial charge on any atom is 0.317 e. The van der Waals surface area contributed by atoms with Crippen LogP contribution in [0.3, 0.4) is 0 Å². The van der Waals surface area contributed by atoms with E-state index in [0.29, 0.717) is 5.56 Å². The third-order valence-corrected chi connectivity index (χ3v) is 5.48. The van der Waals surface area contributed by atoms with Crippen LogP contribution in [0, 0.1) is 0 Å². The van der Waals surface area contributed by atoms with Crippen LogP contribution in [-0.4, -0.2) is 74.8 Å². The number of aliphatic carboxylic acids is 1. The lowest BCUT2D eigenvalue weighted by Gasteiger charge is -2.39. The number of carboxylic acid groups (broad SMARTS) is 1. The molecule has 0 aliphatic carbocycles. The van der Waals surface area contributed by atoms with Crippen LogP contribution in [0.15, 0.2) is 57.7 Å². The van der Waals surface area contributed by atoms with Crippen LogP contribution in [0.5, 0.6) is 11.5 Å². The first kappa shape index (κ1) is 25.1. The first-order valence-electron chi connectivity index (χ1n) is 10.7. The summed E-state index contributed by atoms with van der Waals surface area (Å²) in [6, 6.07) is 11.5. The molecule has 2 heterocycles. The molecule has 2 aromatic carbocycles. The zero-order chi connectivity index (χ0) is 26.0. The van der Waals surface area contributed by atoms with Gasteiger partial charge >= 0.3 is 11.9 Å². The van der Waals surface area contributed by atoms with E-state index in [9.17, 15) is 34.8 Å². The summed E-state index contributed by atoms with van der Waals surface area (Å²) in [5.41, 5.74) is 0.358. The van der Waals surface area contributed by atoms with Crippen LogP contribution in [0.25, 0.3) is 22.3 Å². The van der Waals surface area contributed by atoms with Crippen molar-refractivity contribution in [3.8, 4) is 22.8 Å². The normalized spacial score (nSPS) is 23.8. The van der Waals surface area contributed by atoms with Crippen LogP contribution in [0.1, 0.15) is 6.42 Å². The molecule has 12 heteroatoms. The molecule has 1 aliphatic heterocycles. The molecule has 1 aromatic heterocycles. The van der Waals surface area contributed by atoms with Gasteiger partial charge in [-0.2, -0.15) is 0 Å². The monoisotopic (exact) mass is 502 g/mol. The van der Waals surface area contributed by atoms with Crippen LogP contribution >= 0.6 is 0 Å². The molecular weight excluding hydrogens is 480 g/mol.